The van der Waals surface area contributed by atoms with Gasteiger partial charge in [0.15, 0.2) is 11.5 Å². The summed E-state index contributed by atoms with van der Waals surface area (Å²) in [6.07, 6.45) is 3.06. The minimum Gasteiger partial charge on any atom is -0.285 e. The van der Waals surface area contributed by atoms with Crippen LogP contribution in [0, 0.1) is 6.92 Å². The summed E-state index contributed by atoms with van der Waals surface area (Å²) in [6, 6.07) is 5.46. The first-order valence-corrected chi connectivity index (χ1v) is 7.34. The summed E-state index contributed by atoms with van der Waals surface area (Å²) in [5.74, 6) is 0.519. The number of pyridine rings is 1. The fourth-order valence-corrected chi connectivity index (χ4v) is 2.97. The molecule has 3 heterocycles. The number of aryl methyl sites for hydroxylation is 1. The maximum absolute atomic E-state index is 12.1. The molecule has 0 aliphatic carbocycles. The molecule has 0 spiro atoms. The van der Waals surface area contributed by atoms with E-state index >= 15 is 0 Å². The highest BCUT2D eigenvalue weighted by Gasteiger charge is 2.19. The fraction of sp³-hybridized carbons (Fsp3) is 0.182. The third-order valence-corrected chi connectivity index (χ3v) is 4.39. The summed E-state index contributed by atoms with van der Waals surface area (Å²) in [5, 5.41) is 14.2. The molecule has 0 aromatic carbocycles. The van der Waals surface area contributed by atoms with Gasteiger partial charge in [0.05, 0.1) is 18.4 Å². The van der Waals surface area contributed by atoms with Gasteiger partial charge in [0, 0.05) is 6.20 Å². The molecule has 0 atom stereocenters. The van der Waals surface area contributed by atoms with Crippen molar-refractivity contribution in [1.29, 1.82) is 0 Å². The Kier molecular flexibility index (Phi) is 2.99. The average Bonchev–Trinajstić information content (AvgIpc) is 3.03. The third-order valence-electron chi connectivity index (χ3n) is 2.88. The molecule has 0 radical (unpaired) electrons. The van der Waals surface area contributed by atoms with E-state index in [9.17, 15) is 8.42 Å². The van der Waals surface area contributed by atoms with Crippen molar-refractivity contribution in [3.8, 4) is 0 Å². The second-order valence-corrected chi connectivity index (χ2v) is 5.96. The number of aromatic amines is 1. The molecule has 9 heteroatoms. The predicted octanol–water partition coefficient (Wildman–Crippen LogP) is 0.239. The zero-order valence-corrected chi connectivity index (χ0v) is 11.4. The molecular weight excluding hydrogens is 280 g/mol. The van der Waals surface area contributed by atoms with E-state index < -0.39 is 10.0 Å². The van der Waals surface area contributed by atoms with Crippen LogP contribution in [-0.4, -0.2) is 33.2 Å². The Morgan fingerprint density at radius 3 is 2.95 bits per heavy atom. The number of hydrogen-bond acceptors (Lipinski definition) is 5. The summed E-state index contributed by atoms with van der Waals surface area (Å²) < 4.78 is 28.4. The van der Waals surface area contributed by atoms with Gasteiger partial charge in [-0.05, 0) is 19.1 Å². The first-order chi connectivity index (χ1) is 9.58. The van der Waals surface area contributed by atoms with Crippen LogP contribution in [-0.2, 0) is 16.6 Å². The number of rotatable bonds is 4. The Morgan fingerprint density at radius 2 is 2.20 bits per heavy atom. The van der Waals surface area contributed by atoms with Gasteiger partial charge < -0.3 is 0 Å². The molecule has 8 nitrogen and oxygen atoms in total. The molecule has 0 aliphatic rings. The summed E-state index contributed by atoms with van der Waals surface area (Å²) in [6.45, 7) is 1.70. The second-order valence-electron chi connectivity index (χ2n) is 4.23. The third kappa shape index (κ3) is 2.17. The summed E-state index contributed by atoms with van der Waals surface area (Å²) in [7, 11) is -3.62. The highest BCUT2D eigenvalue weighted by Crippen LogP contribution is 2.11. The number of hydrogen-bond donors (Lipinski definition) is 2. The van der Waals surface area contributed by atoms with Crippen molar-refractivity contribution in [2.75, 3.05) is 0 Å². The van der Waals surface area contributed by atoms with E-state index in [1.807, 2.05) is 12.1 Å². The molecule has 0 bridgehead atoms. The van der Waals surface area contributed by atoms with Crippen molar-refractivity contribution in [2.24, 2.45) is 0 Å². The van der Waals surface area contributed by atoms with Crippen molar-refractivity contribution >= 4 is 15.7 Å². The molecule has 104 valence electrons. The Hall–Kier alpha value is -2.26. The van der Waals surface area contributed by atoms with Gasteiger partial charge in [-0.2, -0.15) is 5.10 Å². The Balaban J connectivity index is 1.85. The Bertz CT molecular complexity index is 851. The topological polar surface area (TPSA) is 105 Å². The predicted molar refractivity (Wildman–Crippen MR) is 70.3 cm³/mol. The van der Waals surface area contributed by atoms with Gasteiger partial charge in [-0.1, -0.05) is 6.07 Å². The van der Waals surface area contributed by atoms with Crippen molar-refractivity contribution in [3.63, 3.8) is 0 Å². The number of aromatic nitrogens is 5. The number of fused-ring (bicyclic) bond motifs is 1. The minimum atomic E-state index is -3.62. The van der Waals surface area contributed by atoms with Gasteiger partial charge in [0.2, 0.25) is 10.0 Å². The normalized spacial score (nSPS) is 12.1. The van der Waals surface area contributed by atoms with Crippen LogP contribution in [0.15, 0.2) is 35.5 Å². The zero-order chi connectivity index (χ0) is 14.2. The molecule has 0 aliphatic heterocycles. The Labute approximate surface area is 114 Å². The fourth-order valence-electron chi connectivity index (χ4n) is 1.86. The maximum atomic E-state index is 12.1. The first-order valence-electron chi connectivity index (χ1n) is 5.86. The van der Waals surface area contributed by atoms with E-state index in [1.54, 1.807) is 23.6 Å². The Morgan fingerprint density at radius 1 is 1.35 bits per heavy atom. The van der Waals surface area contributed by atoms with Crippen LogP contribution < -0.4 is 4.72 Å². The van der Waals surface area contributed by atoms with Crippen LogP contribution in [0.4, 0.5) is 0 Å². The van der Waals surface area contributed by atoms with Crippen molar-refractivity contribution < 1.29 is 8.42 Å². The number of sulfonamides is 1. The highest BCUT2D eigenvalue weighted by atomic mass is 32.2. The lowest BCUT2D eigenvalue weighted by Gasteiger charge is -2.04. The summed E-state index contributed by atoms with van der Waals surface area (Å²) in [4.78, 5) is 0.131. The average molecular weight is 292 g/mol. The quantitative estimate of drug-likeness (QED) is 0.716. The van der Waals surface area contributed by atoms with E-state index in [0.717, 1.165) is 0 Å². The smallest absolute Gasteiger partial charge is 0.244 e. The number of nitrogens with one attached hydrogen (secondary N) is 2. The lowest BCUT2D eigenvalue weighted by molar-refractivity contribution is 0.578. The molecule has 20 heavy (non-hydrogen) atoms. The molecule has 0 saturated heterocycles. The van der Waals surface area contributed by atoms with Gasteiger partial charge in [-0.3, -0.25) is 9.50 Å². The second kappa shape index (κ2) is 4.69. The van der Waals surface area contributed by atoms with Crippen molar-refractivity contribution in [1.82, 2.24) is 29.5 Å². The van der Waals surface area contributed by atoms with Crippen molar-refractivity contribution in [2.45, 2.75) is 18.4 Å². The summed E-state index contributed by atoms with van der Waals surface area (Å²) >= 11 is 0. The van der Waals surface area contributed by atoms with Gasteiger partial charge in [-0.15, -0.1) is 10.2 Å². The van der Waals surface area contributed by atoms with E-state index in [2.05, 4.69) is 25.1 Å². The molecular formula is C11H12N6O2S. The molecule has 0 amide bonds. The van der Waals surface area contributed by atoms with Crippen LogP contribution in [0.1, 0.15) is 11.5 Å². The molecule has 0 saturated carbocycles. The van der Waals surface area contributed by atoms with Crippen LogP contribution in [0.25, 0.3) is 5.65 Å². The van der Waals surface area contributed by atoms with E-state index in [-0.39, 0.29) is 11.4 Å². The van der Waals surface area contributed by atoms with Gasteiger partial charge in [0.25, 0.3) is 0 Å². The zero-order valence-electron chi connectivity index (χ0n) is 10.6. The standard InChI is InChI=1S/C11H12N6O2S/c1-8-9(6-12-14-8)20(18,19)13-7-11-16-15-10-4-2-3-5-17(10)11/h2-6,13H,7H2,1H3,(H,12,14). The molecule has 2 N–H and O–H groups in total. The molecule has 3 aromatic rings. The van der Waals surface area contributed by atoms with E-state index in [4.69, 9.17) is 0 Å². The lowest BCUT2D eigenvalue weighted by atomic mass is 10.5. The number of nitrogens with zero attached hydrogens (tertiary/aromatic N) is 4. The van der Waals surface area contributed by atoms with Crippen LogP contribution >= 0.6 is 0 Å². The van der Waals surface area contributed by atoms with Gasteiger partial charge in [0.1, 0.15) is 4.90 Å². The monoisotopic (exact) mass is 292 g/mol. The van der Waals surface area contributed by atoms with Gasteiger partial charge in [-0.25, -0.2) is 13.1 Å². The lowest BCUT2D eigenvalue weighted by Crippen LogP contribution is -2.24. The highest BCUT2D eigenvalue weighted by molar-refractivity contribution is 7.89. The van der Waals surface area contributed by atoms with Crippen LogP contribution in [0.2, 0.25) is 0 Å². The van der Waals surface area contributed by atoms with Crippen molar-refractivity contribution in [3.05, 3.63) is 42.1 Å². The summed E-state index contributed by atoms with van der Waals surface area (Å²) in [5.41, 5.74) is 1.16. The minimum absolute atomic E-state index is 0.0537. The molecule has 0 unspecified atom stereocenters. The molecule has 3 aromatic heterocycles. The van der Waals surface area contributed by atoms with E-state index in [1.165, 1.54) is 6.20 Å². The maximum Gasteiger partial charge on any atom is 0.244 e. The van der Waals surface area contributed by atoms with E-state index in [0.29, 0.717) is 17.2 Å². The molecule has 0 fully saturated rings. The van der Waals surface area contributed by atoms with Crippen LogP contribution in [0.3, 0.4) is 0 Å². The first kappa shape index (κ1) is 12.8. The van der Waals surface area contributed by atoms with Gasteiger partial charge >= 0.3 is 0 Å². The SMILES string of the molecule is Cc1[nH]ncc1S(=O)(=O)NCc1nnc2ccccn12. The largest absolute Gasteiger partial charge is 0.285 e. The molecule has 3 rings (SSSR count). The van der Waals surface area contributed by atoms with Crippen LogP contribution in [0.5, 0.6) is 0 Å². The number of H-pyrrole nitrogens is 1.